The van der Waals surface area contributed by atoms with Crippen molar-refractivity contribution in [1.29, 1.82) is 5.26 Å². The fourth-order valence-corrected chi connectivity index (χ4v) is 2.50. The lowest BCUT2D eigenvalue weighted by molar-refractivity contribution is -0.106. The van der Waals surface area contributed by atoms with Gasteiger partial charge in [-0.15, -0.1) is 0 Å². The van der Waals surface area contributed by atoms with Crippen LogP contribution in [0.15, 0.2) is 18.5 Å². The molecule has 1 aliphatic rings. The first-order valence-corrected chi connectivity index (χ1v) is 6.31. The fourth-order valence-electron chi connectivity index (χ4n) is 2.50. The molecule has 5 nitrogen and oxygen atoms in total. The van der Waals surface area contributed by atoms with Gasteiger partial charge in [0.25, 0.3) is 0 Å². The summed E-state index contributed by atoms with van der Waals surface area (Å²) in [6.45, 7) is 6.11. The zero-order valence-electron chi connectivity index (χ0n) is 11.6. The molecule has 0 aromatic carbocycles. The molecule has 19 heavy (non-hydrogen) atoms. The lowest BCUT2D eigenvalue weighted by Gasteiger charge is -2.43. The van der Waals surface area contributed by atoms with E-state index >= 15 is 0 Å². The summed E-state index contributed by atoms with van der Waals surface area (Å²) < 4.78 is 11.2. The molecule has 1 unspecified atom stereocenters. The van der Waals surface area contributed by atoms with Crippen LogP contribution in [0, 0.1) is 11.3 Å². The molecule has 0 aliphatic carbocycles. The molecule has 0 spiro atoms. The minimum absolute atomic E-state index is 0.00783. The molecule has 1 aliphatic heterocycles. The Morgan fingerprint density at radius 1 is 1.63 bits per heavy atom. The number of anilines is 1. The third-order valence-electron chi connectivity index (χ3n) is 3.09. The van der Waals surface area contributed by atoms with Crippen LogP contribution in [0.5, 0.6) is 0 Å². The highest BCUT2D eigenvalue weighted by Gasteiger charge is 2.34. The van der Waals surface area contributed by atoms with E-state index in [4.69, 9.17) is 9.47 Å². The maximum absolute atomic E-state index is 9.18. The average molecular weight is 261 g/mol. The van der Waals surface area contributed by atoms with E-state index in [0.717, 1.165) is 18.8 Å². The van der Waals surface area contributed by atoms with Gasteiger partial charge in [-0.1, -0.05) is 0 Å². The number of hydrogen-bond acceptors (Lipinski definition) is 5. The molecule has 1 aromatic rings. The number of hydrogen-bond donors (Lipinski definition) is 0. The van der Waals surface area contributed by atoms with Crippen LogP contribution < -0.4 is 4.90 Å². The van der Waals surface area contributed by atoms with Crippen LogP contribution in [0.4, 0.5) is 5.69 Å². The van der Waals surface area contributed by atoms with Gasteiger partial charge in [0, 0.05) is 32.6 Å². The summed E-state index contributed by atoms with van der Waals surface area (Å²) in [5, 5.41) is 9.18. The number of nitrogens with zero attached hydrogens (tertiary/aromatic N) is 3. The second-order valence-electron chi connectivity index (χ2n) is 5.34. The van der Waals surface area contributed by atoms with Gasteiger partial charge in [-0.2, -0.15) is 5.26 Å². The van der Waals surface area contributed by atoms with Gasteiger partial charge in [-0.3, -0.25) is 4.98 Å². The van der Waals surface area contributed by atoms with Gasteiger partial charge in [0.05, 0.1) is 29.6 Å². The Hall–Kier alpha value is -1.64. The summed E-state index contributed by atoms with van der Waals surface area (Å²) in [6, 6.07) is 4.07. The summed E-state index contributed by atoms with van der Waals surface area (Å²) >= 11 is 0. The van der Waals surface area contributed by atoms with E-state index in [9.17, 15) is 5.26 Å². The molecule has 0 bridgehead atoms. The first kappa shape index (κ1) is 13.8. The molecule has 1 saturated heterocycles. The van der Waals surface area contributed by atoms with Crippen LogP contribution in [-0.2, 0) is 9.47 Å². The van der Waals surface area contributed by atoms with E-state index in [0.29, 0.717) is 12.2 Å². The highest BCUT2D eigenvalue weighted by atomic mass is 16.5. The number of nitriles is 1. The average Bonchev–Trinajstić information content (AvgIpc) is 2.37. The Morgan fingerprint density at radius 2 is 2.42 bits per heavy atom. The van der Waals surface area contributed by atoms with Crippen LogP contribution in [0.1, 0.15) is 19.4 Å². The maximum atomic E-state index is 9.18. The predicted molar refractivity (Wildman–Crippen MR) is 72.0 cm³/mol. The normalized spacial score (nSPS) is 22.0. The molecule has 0 radical (unpaired) electrons. The molecule has 1 aromatic heterocycles. The number of rotatable bonds is 3. The Bertz CT molecular complexity index is 482. The fraction of sp³-hybridized carbons (Fsp3) is 0.571. The van der Waals surface area contributed by atoms with E-state index in [1.807, 2.05) is 6.07 Å². The van der Waals surface area contributed by atoms with Crippen molar-refractivity contribution in [3.05, 3.63) is 24.0 Å². The van der Waals surface area contributed by atoms with E-state index in [-0.39, 0.29) is 11.7 Å². The third-order valence-corrected chi connectivity index (χ3v) is 3.09. The zero-order chi connectivity index (χ0) is 13.9. The van der Waals surface area contributed by atoms with Crippen molar-refractivity contribution in [2.45, 2.75) is 25.6 Å². The number of pyridine rings is 1. The SMILES string of the molecule is COCC1CN(c2ccncc2C#N)CC(C)(C)O1. The van der Waals surface area contributed by atoms with E-state index in [2.05, 4.69) is 29.8 Å². The standard InChI is InChI=1S/C14H19N3O2/c1-14(2)10-17(8-12(19-14)9-18-3)13-4-5-16-7-11(13)6-15/h4-5,7,12H,8-10H2,1-3H3. The minimum Gasteiger partial charge on any atom is -0.382 e. The molecule has 5 heteroatoms. The summed E-state index contributed by atoms with van der Waals surface area (Å²) in [7, 11) is 1.67. The van der Waals surface area contributed by atoms with E-state index in [1.165, 1.54) is 0 Å². The minimum atomic E-state index is -0.266. The molecule has 0 N–H and O–H groups in total. The molecule has 0 amide bonds. The highest BCUT2D eigenvalue weighted by molar-refractivity contribution is 5.58. The molecule has 2 rings (SSSR count). The van der Waals surface area contributed by atoms with Crippen LogP contribution in [0.3, 0.4) is 0 Å². The summed E-state index contributed by atoms with van der Waals surface area (Å²) in [5.41, 5.74) is 1.24. The number of ether oxygens (including phenoxy) is 2. The number of aromatic nitrogens is 1. The number of methoxy groups -OCH3 is 1. The van der Waals surface area contributed by atoms with Crippen molar-refractivity contribution in [2.75, 3.05) is 31.7 Å². The first-order chi connectivity index (χ1) is 9.05. The van der Waals surface area contributed by atoms with Gasteiger partial charge >= 0.3 is 0 Å². The Labute approximate surface area is 113 Å². The molecule has 1 atom stereocenters. The molecule has 0 saturated carbocycles. The van der Waals surface area contributed by atoms with Crippen molar-refractivity contribution in [1.82, 2.24) is 4.98 Å². The second-order valence-corrected chi connectivity index (χ2v) is 5.34. The molecule has 2 heterocycles. The van der Waals surface area contributed by atoms with Crippen LogP contribution in [0.2, 0.25) is 0 Å². The van der Waals surface area contributed by atoms with Gasteiger partial charge in [0.15, 0.2) is 0 Å². The van der Waals surface area contributed by atoms with Gasteiger partial charge in [0.2, 0.25) is 0 Å². The Kier molecular flexibility index (Phi) is 4.03. The number of morpholine rings is 1. The van der Waals surface area contributed by atoms with Crippen molar-refractivity contribution in [3.63, 3.8) is 0 Å². The predicted octanol–water partition coefficient (Wildman–Crippen LogP) is 1.58. The van der Waals surface area contributed by atoms with Crippen LogP contribution >= 0.6 is 0 Å². The van der Waals surface area contributed by atoms with Crippen molar-refractivity contribution >= 4 is 5.69 Å². The van der Waals surface area contributed by atoms with E-state index < -0.39 is 0 Å². The van der Waals surface area contributed by atoms with Gasteiger partial charge in [-0.25, -0.2) is 0 Å². The maximum Gasteiger partial charge on any atom is 0.103 e. The van der Waals surface area contributed by atoms with Crippen LogP contribution in [-0.4, -0.2) is 43.5 Å². The molecule has 102 valence electrons. The molecular formula is C14H19N3O2. The van der Waals surface area contributed by atoms with Gasteiger partial charge in [0.1, 0.15) is 6.07 Å². The van der Waals surface area contributed by atoms with Gasteiger partial charge < -0.3 is 14.4 Å². The Morgan fingerprint density at radius 3 is 3.11 bits per heavy atom. The van der Waals surface area contributed by atoms with Crippen molar-refractivity contribution in [3.8, 4) is 6.07 Å². The quantitative estimate of drug-likeness (QED) is 0.827. The lowest BCUT2D eigenvalue weighted by Crippen LogP contribution is -2.54. The first-order valence-electron chi connectivity index (χ1n) is 6.31. The summed E-state index contributed by atoms with van der Waals surface area (Å²) in [4.78, 5) is 6.17. The zero-order valence-corrected chi connectivity index (χ0v) is 11.6. The largest absolute Gasteiger partial charge is 0.382 e. The third kappa shape index (κ3) is 3.22. The Balaban J connectivity index is 2.26. The van der Waals surface area contributed by atoms with E-state index in [1.54, 1.807) is 19.5 Å². The topological polar surface area (TPSA) is 58.4 Å². The van der Waals surface area contributed by atoms with Gasteiger partial charge in [-0.05, 0) is 19.9 Å². The summed E-state index contributed by atoms with van der Waals surface area (Å²) in [5.74, 6) is 0. The van der Waals surface area contributed by atoms with Crippen LogP contribution in [0.25, 0.3) is 0 Å². The monoisotopic (exact) mass is 261 g/mol. The lowest BCUT2D eigenvalue weighted by atomic mass is 10.0. The summed E-state index contributed by atoms with van der Waals surface area (Å²) in [6.07, 6.45) is 3.32. The second kappa shape index (κ2) is 5.55. The molecular weight excluding hydrogens is 242 g/mol. The van der Waals surface area contributed by atoms with Crippen molar-refractivity contribution < 1.29 is 9.47 Å². The van der Waals surface area contributed by atoms with Crippen molar-refractivity contribution in [2.24, 2.45) is 0 Å². The molecule has 1 fully saturated rings. The highest BCUT2D eigenvalue weighted by Crippen LogP contribution is 2.27. The smallest absolute Gasteiger partial charge is 0.103 e.